The van der Waals surface area contributed by atoms with E-state index in [1.807, 2.05) is 32.0 Å². The van der Waals surface area contributed by atoms with Gasteiger partial charge in [-0.3, -0.25) is 14.5 Å². The Kier molecular flexibility index (Phi) is 5.04. The van der Waals surface area contributed by atoms with Crippen LogP contribution in [0.25, 0.3) is 0 Å². The van der Waals surface area contributed by atoms with Crippen LogP contribution in [0.4, 0.5) is 0 Å². The molecule has 1 aromatic carbocycles. The van der Waals surface area contributed by atoms with Crippen LogP contribution in [0, 0.1) is 13.8 Å². The topological polar surface area (TPSA) is 57.6 Å². The molecule has 4 nitrogen and oxygen atoms in total. The van der Waals surface area contributed by atoms with Gasteiger partial charge in [0.25, 0.3) is 0 Å². The molecule has 0 radical (unpaired) electrons. The van der Waals surface area contributed by atoms with Crippen molar-refractivity contribution in [3.8, 4) is 0 Å². The van der Waals surface area contributed by atoms with Crippen molar-refractivity contribution >= 4 is 11.8 Å². The normalized spacial score (nSPS) is 10.7. The summed E-state index contributed by atoms with van der Waals surface area (Å²) in [5, 5.41) is 8.58. The zero-order chi connectivity index (χ0) is 13.7. The van der Waals surface area contributed by atoms with E-state index in [4.69, 9.17) is 5.11 Å². The molecule has 0 aliphatic rings. The van der Waals surface area contributed by atoms with E-state index in [0.717, 1.165) is 11.1 Å². The molecule has 4 heteroatoms. The van der Waals surface area contributed by atoms with Crippen LogP contribution in [0.5, 0.6) is 0 Å². The minimum Gasteiger partial charge on any atom is -0.481 e. The number of carboxylic acid groups (broad SMARTS) is 1. The maximum Gasteiger partial charge on any atom is 0.304 e. The molecule has 18 heavy (non-hydrogen) atoms. The van der Waals surface area contributed by atoms with Gasteiger partial charge in [-0.2, -0.15) is 0 Å². The Morgan fingerprint density at radius 1 is 1.28 bits per heavy atom. The highest BCUT2D eigenvalue weighted by Crippen LogP contribution is 2.11. The molecule has 0 aliphatic carbocycles. The fraction of sp³-hybridized carbons (Fsp3) is 0.429. The van der Waals surface area contributed by atoms with Crippen molar-refractivity contribution in [3.63, 3.8) is 0 Å². The number of ketones is 1. The molecular weight excluding hydrogens is 230 g/mol. The summed E-state index contributed by atoms with van der Waals surface area (Å²) >= 11 is 0. The number of carbonyl (C=O) groups excluding carboxylic acids is 1. The molecule has 0 heterocycles. The molecule has 0 atom stereocenters. The average molecular weight is 249 g/mol. The third-order valence-electron chi connectivity index (χ3n) is 2.80. The second-order valence-corrected chi connectivity index (χ2v) is 4.62. The van der Waals surface area contributed by atoms with Crippen LogP contribution >= 0.6 is 0 Å². The van der Waals surface area contributed by atoms with Gasteiger partial charge in [-0.15, -0.1) is 0 Å². The number of likely N-dealkylation sites (N-methyl/N-ethyl adjacent to an activating group) is 1. The molecule has 0 spiro atoms. The number of hydrogen-bond acceptors (Lipinski definition) is 3. The summed E-state index contributed by atoms with van der Waals surface area (Å²) in [6.45, 7) is 4.53. The summed E-state index contributed by atoms with van der Waals surface area (Å²) in [6.07, 6.45) is 0.0522. The number of aryl methyl sites for hydroxylation is 2. The Morgan fingerprint density at radius 2 is 1.94 bits per heavy atom. The van der Waals surface area contributed by atoms with Crippen molar-refractivity contribution in [2.24, 2.45) is 0 Å². The zero-order valence-corrected chi connectivity index (χ0v) is 11.1. The van der Waals surface area contributed by atoms with Gasteiger partial charge in [0.2, 0.25) is 0 Å². The van der Waals surface area contributed by atoms with Gasteiger partial charge in [0.15, 0.2) is 5.78 Å². The number of carbonyl (C=O) groups is 2. The van der Waals surface area contributed by atoms with E-state index in [9.17, 15) is 9.59 Å². The standard InChI is InChI=1S/C14H19NO3/c1-10-4-5-12(11(2)8-10)13(16)9-15(3)7-6-14(17)18/h4-5,8H,6-7,9H2,1-3H3,(H,17,18). The smallest absolute Gasteiger partial charge is 0.304 e. The molecule has 0 fully saturated rings. The van der Waals surface area contributed by atoms with Crippen LogP contribution in [0.3, 0.4) is 0 Å². The van der Waals surface area contributed by atoms with E-state index in [1.54, 1.807) is 11.9 Å². The van der Waals surface area contributed by atoms with Crippen LogP contribution in [0.15, 0.2) is 18.2 Å². The van der Waals surface area contributed by atoms with Crippen molar-refractivity contribution in [2.45, 2.75) is 20.3 Å². The Balaban J connectivity index is 2.62. The summed E-state index contributed by atoms with van der Waals surface area (Å²) in [7, 11) is 1.75. The van der Waals surface area contributed by atoms with Gasteiger partial charge in [0.05, 0.1) is 13.0 Å². The number of nitrogens with zero attached hydrogens (tertiary/aromatic N) is 1. The van der Waals surface area contributed by atoms with E-state index in [0.29, 0.717) is 12.1 Å². The Morgan fingerprint density at radius 3 is 2.50 bits per heavy atom. The van der Waals surface area contributed by atoms with Crippen molar-refractivity contribution in [1.29, 1.82) is 0 Å². The van der Waals surface area contributed by atoms with Gasteiger partial charge in [-0.1, -0.05) is 23.8 Å². The molecule has 0 aliphatic heterocycles. The highest BCUT2D eigenvalue weighted by molar-refractivity contribution is 5.98. The van der Waals surface area contributed by atoms with Crippen LogP contribution in [-0.2, 0) is 4.79 Å². The number of rotatable bonds is 6. The molecular formula is C14H19NO3. The Hall–Kier alpha value is -1.68. The second-order valence-electron chi connectivity index (χ2n) is 4.62. The predicted molar refractivity (Wildman–Crippen MR) is 70.0 cm³/mol. The van der Waals surface area contributed by atoms with Crippen molar-refractivity contribution in [1.82, 2.24) is 4.90 Å². The summed E-state index contributed by atoms with van der Waals surface area (Å²) in [6, 6.07) is 5.72. The highest BCUT2D eigenvalue weighted by atomic mass is 16.4. The van der Waals surface area contributed by atoms with E-state index in [2.05, 4.69) is 0 Å². The second kappa shape index (κ2) is 6.31. The molecule has 0 bridgehead atoms. The fourth-order valence-corrected chi connectivity index (χ4v) is 1.82. The first-order chi connectivity index (χ1) is 8.40. The predicted octanol–water partition coefficient (Wildman–Crippen LogP) is 1.89. The summed E-state index contributed by atoms with van der Waals surface area (Å²) < 4.78 is 0. The lowest BCUT2D eigenvalue weighted by Gasteiger charge is -2.15. The lowest BCUT2D eigenvalue weighted by molar-refractivity contribution is -0.137. The average Bonchev–Trinajstić information content (AvgIpc) is 2.26. The maximum absolute atomic E-state index is 12.0. The van der Waals surface area contributed by atoms with Crippen LogP contribution in [0.1, 0.15) is 27.9 Å². The Bertz CT molecular complexity index is 454. The van der Waals surface area contributed by atoms with Crippen LogP contribution in [-0.4, -0.2) is 41.9 Å². The summed E-state index contributed by atoms with van der Waals surface area (Å²) in [5.74, 6) is -0.818. The minimum absolute atomic E-state index is 0.0281. The lowest BCUT2D eigenvalue weighted by atomic mass is 10.0. The maximum atomic E-state index is 12.0. The molecule has 0 amide bonds. The summed E-state index contributed by atoms with van der Waals surface area (Å²) in [5.41, 5.74) is 2.80. The van der Waals surface area contributed by atoms with Crippen LogP contribution < -0.4 is 0 Å². The number of benzene rings is 1. The van der Waals surface area contributed by atoms with E-state index in [-0.39, 0.29) is 18.7 Å². The number of Topliss-reactive ketones (excluding diaryl/α,β-unsaturated/α-hetero) is 1. The van der Waals surface area contributed by atoms with E-state index in [1.165, 1.54) is 0 Å². The first-order valence-electron chi connectivity index (χ1n) is 5.91. The van der Waals surface area contributed by atoms with Gasteiger partial charge < -0.3 is 5.11 Å². The molecule has 1 N–H and O–H groups in total. The van der Waals surface area contributed by atoms with Gasteiger partial charge in [0, 0.05) is 12.1 Å². The largest absolute Gasteiger partial charge is 0.481 e. The van der Waals surface area contributed by atoms with Gasteiger partial charge in [-0.25, -0.2) is 0 Å². The SMILES string of the molecule is Cc1ccc(C(=O)CN(C)CCC(=O)O)c(C)c1. The van der Waals surface area contributed by atoms with Crippen LogP contribution in [0.2, 0.25) is 0 Å². The summed E-state index contributed by atoms with van der Waals surface area (Å²) in [4.78, 5) is 24.2. The van der Waals surface area contributed by atoms with Gasteiger partial charge in [-0.05, 0) is 26.5 Å². The third-order valence-corrected chi connectivity index (χ3v) is 2.80. The first-order valence-corrected chi connectivity index (χ1v) is 5.91. The molecule has 0 aromatic heterocycles. The fourth-order valence-electron chi connectivity index (χ4n) is 1.82. The number of carboxylic acids is 1. The van der Waals surface area contributed by atoms with Crippen molar-refractivity contribution in [2.75, 3.05) is 20.1 Å². The zero-order valence-electron chi connectivity index (χ0n) is 11.1. The first kappa shape index (κ1) is 14.4. The monoisotopic (exact) mass is 249 g/mol. The number of hydrogen-bond donors (Lipinski definition) is 1. The third kappa shape index (κ3) is 4.30. The quantitative estimate of drug-likeness (QED) is 0.782. The highest BCUT2D eigenvalue weighted by Gasteiger charge is 2.12. The Labute approximate surface area is 107 Å². The minimum atomic E-state index is -0.846. The number of aliphatic carboxylic acids is 1. The van der Waals surface area contributed by atoms with Crippen molar-refractivity contribution < 1.29 is 14.7 Å². The lowest BCUT2D eigenvalue weighted by Crippen LogP contribution is -2.28. The molecule has 0 unspecified atom stereocenters. The van der Waals surface area contributed by atoms with E-state index >= 15 is 0 Å². The van der Waals surface area contributed by atoms with Gasteiger partial charge >= 0.3 is 5.97 Å². The molecule has 1 aromatic rings. The van der Waals surface area contributed by atoms with Crippen molar-refractivity contribution in [3.05, 3.63) is 34.9 Å². The van der Waals surface area contributed by atoms with E-state index < -0.39 is 5.97 Å². The molecule has 98 valence electrons. The molecule has 0 saturated carbocycles. The van der Waals surface area contributed by atoms with Gasteiger partial charge in [0.1, 0.15) is 0 Å². The molecule has 1 rings (SSSR count). The molecule has 0 saturated heterocycles.